The van der Waals surface area contributed by atoms with Gasteiger partial charge in [0.25, 0.3) is 0 Å². The number of hydrogen-bond acceptors (Lipinski definition) is 4. The molecule has 2 saturated heterocycles. The quantitative estimate of drug-likeness (QED) is 0.719. The molecule has 0 unspecified atom stereocenters. The van der Waals surface area contributed by atoms with Gasteiger partial charge in [0.2, 0.25) is 5.91 Å². The SMILES string of the molecule is COCCN1CC2(CCC1=O)CCN(CC[C@@H](C)SC)CC2. The summed E-state index contributed by atoms with van der Waals surface area (Å²) in [5.74, 6) is 0.318. The standard InChI is InChI=1S/C17H32N2O2S/c1-15(22-3)5-9-18-10-7-17(8-11-18)6-4-16(20)19(14-17)12-13-21-2/h15H,4-14H2,1-3H3/t15-/m1/s1. The second kappa shape index (κ2) is 8.55. The molecular formula is C17H32N2O2S. The van der Waals surface area contributed by atoms with Crippen LogP contribution in [0.25, 0.3) is 0 Å². The summed E-state index contributed by atoms with van der Waals surface area (Å²) in [5.41, 5.74) is 0.378. The molecule has 0 radical (unpaired) electrons. The number of likely N-dealkylation sites (tertiary alicyclic amines) is 2. The Morgan fingerprint density at radius 2 is 2.00 bits per heavy atom. The first-order chi connectivity index (χ1) is 10.6. The largest absolute Gasteiger partial charge is 0.383 e. The highest BCUT2D eigenvalue weighted by molar-refractivity contribution is 7.99. The van der Waals surface area contributed by atoms with E-state index in [1.54, 1.807) is 7.11 Å². The van der Waals surface area contributed by atoms with Crippen LogP contribution in [0.5, 0.6) is 0 Å². The van der Waals surface area contributed by atoms with E-state index in [9.17, 15) is 4.79 Å². The molecular weight excluding hydrogens is 296 g/mol. The van der Waals surface area contributed by atoms with Gasteiger partial charge in [0, 0.05) is 31.9 Å². The van der Waals surface area contributed by atoms with E-state index in [1.165, 1.54) is 38.9 Å². The van der Waals surface area contributed by atoms with Crippen molar-refractivity contribution in [3.8, 4) is 0 Å². The molecule has 2 aliphatic rings. The van der Waals surface area contributed by atoms with Gasteiger partial charge in [0.1, 0.15) is 0 Å². The first kappa shape index (κ1) is 18.1. The predicted molar refractivity (Wildman–Crippen MR) is 93.4 cm³/mol. The third-order valence-electron chi connectivity index (χ3n) is 5.48. The molecule has 128 valence electrons. The van der Waals surface area contributed by atoms with Crippen LogP contribution in [0.3, 0.4) is 0 Å². The first-order valence-electron chi connectivity index (χ1n) is 8.60. The zero-order valence-electron chi connectivity index (χ0n) is 14.5. The van der Waals surface area contributed by atoms with E-state index < -0.39 is 0 Å². The van der Waals surface area contributed by atoms with Gasteiger partial charge < -0.3 is 14.5 Å². The summed E-state index contributed by atoms with van der Waals surface area (Å²) in [7, 11) is 1.71. The Hall–Kier alpha value is -0.260. The molecule has 2 fully saturated rings. The molecule has 0 aromatic rings. The number of carbonyl (C=O) groups is 1. The van der Waals surface area contributed by atoms with Crippen LogP contribution in [-0.2, 0) is 9.53 Å². The molecule has 0 N–H and O–H groups in total. The number of rotatable bonds is 7. The third kappa shape index (κ3) is 4.87. The maximum Gasteiger partial charge on any atom is 0.222 e. The summed E-state index contributed by atoms with van der Waals surface area (Å²) >= 11 is 1.96. The van der Waals surface area contributed by atoms with Gasteiger partial charge in [-0.3, -0.25) is 4.79 Å². The highest BCUT2D eigenvalue weighted by Crippen LogP contribution is 2.40. The molecule has 0 aromatic carbocycles. The van der Waals surface area contributed by atoms with Crippen LogP contribution in [0.4, 0.5) is 0 Å². The fourth-order valence-electron chi connectivity index (χ4n) is 3.65. The van der Waals surface area contributed by atoms with Crippen LogP contribution in [-0.4, -0.2) is 73.7 Å². The van der Waals surface area contributed by atoms with E-state index in [0.29, 0.717) is 17.9 Å². The van der Waals surface area contributed by atoms with Crippen molar-refractivity contribution < 1.29 is 9.53 Å². The van der Waals surface area contributed by atoms with E-state index in [2.05, 4.69) is 18.1 Å². The molecule has 2 heterocycles. The number of methoxy groups -OCH3 is 1. The van der Waals surface area contributed by atoms with Crippen LogP contribution >= 0.6 is 11.8 Å². The van der Waals surface area contributed by atoms with Crippen molar-refractivity contribution in [1.29, 1.82) is 0 Å². The Balaban J connectivity index is 1.80. The lowest BCUT2D eigenvalue weighted by atomic mass is 9.72. The zero-order valence-corrected chi connectivity index (χ0v) is 15.3. The van der Waals surface area contributed by atoms with Gasteiger partial charge in [-0.05, 0) is 57.0 Å². The number of carbonyl (C=O) groups excluding carboxylic acids is 1. The number of ether oxygens (including phenoxy) is 1. The third-order valence-corrected chi connectivity index (χ3v) is 6.52. The van der Waals surface area contributed by atoms with Crippen LogP contribution < -0.4 is 0 Å². The highest BCUT2D eigenvalue weighted by Gasteiger charge is 2.40. The molecule has 5 heteroatoms. The molecule has 1 amide bonds. The van der Waals surface area contributed by atoms with Crippen molar-refractivity contribution in [2.75, 3.05) is 52.7 Å². The van der Waals surface area contributed by atoms with Gasteiger partial charge in [-0.2, -0.15) is 11.8 Å². The fraction of sp³-hybridized carbons (Fsp3) is 0.941. The first-order valence-corrected chi connectivity index (χ1v) is 9.89. The second-order valence-corrected chi connectivity index (χ2v) is 8.26. The van der Waals surface area contributed by atoms with Crippen LogP contribution in [0.2, 0.25) is 0 Å². The molecule has 22 heavy (non-hydrogen) atoms. The maximum atomic E-state index is 12.1. The van der Waals surface area contributed by atoms with Gasteiger partial charge in [-0.25, -0.2) is 0 Å². The second-order valence-electron chi connectivity index (χ2n) is 6.98. The average molecular weight is 329 g/mol. The van der Waals surface area contributed by atoms with Gasteiger partial charge in [-0.15, -0.1) is 0 Å². The van der Waals surface area contributed by atoms with Crippen molar-refractivity contribution >= 4 is 17.7 Å². The average Bonchev–Trinajstić information content (AvgIpc) is 2.55. The summed E-state index contributed by atoms with van der Waals surface area (Å²) in [5, 5.41) is 0.757. The Kier molecular flexibility index (Phi) is 7.03. The summed E-state index contributed by atoms with van der Waals surface area (Å²) in [4.78, 5) is 16.7. The number of hydrogen-bond donors (Lipinski definition) is 0. The zero-order chi connectivity index (χ0) is 16.0. The topological polar surface area (TPSA) is 32.8 Å². The summed E-state index contributed by atoms with van der Waals surface area (Å²) in [6.07, 6.45) is 7.79. The Bertz CT molecular complexity index is 357. The number of thioether (sulfide) groups is 1. The van der Waals surface area contributed by atoms with E-state index in [1.807, 2.05) is 16.7 Å². The maximum absolute atomic E-state index is 12.1. The highest BCUT2D eigenvalue weighted by atomic mass is 32.2. The molecule has 0 bridgehead atoms. The van der Waals surface area contributed by atoms with Crippen LogP contribution in [0, 0.1) is 5.41 Å². The summed E-state index contributed by atoms with van der Waals surface area (Å²) in [6.45, 7) is 8.30. The monoisotopic (exact) mass is 328 g/mol. The van der Waals surface area contributed by atoms with Gasteiger partial charge >= 0.3 is 0 Å². The van der Waals surface area contributed by atoms with Crippen molar-refractivity contribution in [3.63, 3.8) is 0 Å². The molecule has 0 aliphatic carbocycles. The Morgan fingerprint density at radius 1 is 1.27 bits per heavy atom. The van der Waals surface area contributed by atoms with E-state index in [0.717, 1.165) is 31.2 Å². The smallest absolute Gasteiger partial charge is 0.222 e. The van der Waals surface area contributed by atoms with Gasteiger partial charge in [0.15, 0.2) is 0 Å². The number of piperidine rings is 2. The molecule has 0 saturated carbocycles. The number of nitrogens with zero attached hydrogens (tertiary/aromatic N) is 2. The molecule has 1 spiro atoms. The number of amides is 1. The molecule has 2 rings (SSSR count). The van der Waals surface area contributed by atoms with Gasteiger partial charge in [-0.1, -0.05) is 6.92 Å². The van der Waals surface area contributed by atoms with Crippen molar-refractivity contribution in [2.45, 2.75) is 44.3 Å². The lowest BCUT2D eigenvalue weighted by Crippen LogP contribution is -2.52. The fourth-order valence-corrected chi connectivity index (χ4v) is 3.99. The predicted octanol–water partition coefficient (Wildman–Crippen LogP) is 2.48. The molecule has 1 atom stereocenters. The summed E-state index contributed by atoms with van der Waals surface area (Å²) in [6, 6.07) is 0. The van der Waals surface area contributed by atoms with E-state index >= 15 is 0 Å². The van der Waals surface area contributed by atoms with Crippen molar-refractivity contribution in [1.82, 2.24) is 9.80 Å². The molecule has 0 aromatic heterocycles. The van der Waals surface area contributed by atoms with Crippen molar-refractivity contribution in [2.24, 2.45) is 5.41 Å². The Labute approximate surface area is 139 Å². The minimum atomic E-state index is 0.318. The normalized spacial score (nSPS) is 24.0. The molecule has 4 nitrogen and oxygen atoms in total. The minimum absolute atomic E-state index is 0.318. The summed E-state index contributed by atoms with van der Waals surface area (Å²) < 4.78 is 5.15. The Morgan fingerprint density at radius 3 is 2.64 bits per heavy atom. The lowest BCUT2D eigenvalue weighted by Gasteiger charge is -2.47. The van der Waals surface area contributed by atoms with E-state index in [-0.39, 0.29) is 0 Å². The van der Waals surface area contributed by atoms with Gasteiger partial charge in [0.05, 0.1) is 6.61 Å². The lowest BCUT2D eigenvalue weighted by molar-refractivity contribution is -0.139. The molecule has 2 aliphatic heterocycles. The van der Waals surface area contributed by atoms with Crippen LogP contribution in [0.1, 0.15) is 39.0 Å². The van der Waals surface area contributed by atoms with Crippen LogP contribution in [0.15, 0.2) is 0 Å². The minimum Gasteiger partial charge on any atom is -0.383 e. The van der Waals surface area contributed by atoms with Crippen molar-refractivity contribution in [3.05, 3.63) is 0 Å². The van der Waals surface area contributed by atoms with E-state index in [4.69, 9.17) is 4.74 Å².